The van der Waals surface area contributed by atoms with E-state index >= 15 is 0 Å². The van der Waals surface area contributed by atoms with Crippen molar-refractivity contribution in [2.24, 2.45) is 0 Å². The minimum atomic E-state index is -0.377. The zero-order valence-corrected chi connectivity index (χ0v) is 11.8. The summed E-state index contributed by atoms with van der Waals surface area (Å²) in [6.45, 7) is 2.17. The van der Waals surface area contributed by atoms with Gasteiger partial charge in [-0.25, -0.2) is 4.39 Å². The Bertz CT molecular complexity index is 657. The van der Waals surface area contributed by atoms with Crippen molar-refractivity contribution < 1.29 is 13.9 Å². The number of nitrogens with zero attached hydrogens (tertiary/aromatic N) is 3. The molecule has 0 unspecified atom stereocenters. The number of hydrogen-bond acceptors (Lipinski definition) is 5. The molecule has 0 radical (unpaired) electrons. The van der Waals surface area contributed by atoms with Crippen molar-refractivity contribution in [1.82, 2.24) is 15.1 Å². The number of morpholine rings is 1. The Morgan fingerprint density at radius 3 is 2.59 bits per heavy atom. The van der Waals surface area contributed by atoms with Crippen LogP contribution >= 0.6 is 0 Å². The summed E-state index contributed by atoms with van der Waals surface area (Å²) in [6.07, 6.45) is 0. The molecule has 0 saturated carbocycles. The Hall–Kier alpha value is -2.54. The molecule has 0 atom stereocenters. The van der Waals surface area contributed by atoms with Crippen LogP contribution in [0.3, 0.4) is 0 Å². The number of rotatable bonds is 3. The Balaban J connectivity index is 1.70. The first-order chi connectivity index (χ1) is 10.7. The van der Waals surface area contributed by atoms with Gasteiger partial charge in [-0.1, -0.05) is 12.1 Å². The number of nitrogens with one attached hydrogen (secondary N) is 1. The third-order valence-corrected chi connectivity index (χ3v) is 3.32. The number of para-hydroxylation sites is 1. The van der Waals surface area contributed by atoms with Gasteiger partial charge in [-0.05, 0) is 24.3 Å². The molecule has 1 N–H and O–H groups in total. The molecule has 22 heavy (non-hydrogen) atoms. The van der Waals surface area contributed by atoms with Crippen molar-refractivity contribution >= 4 is 17.4 Å². The van der Waals surface area contributed by atoms with Crippen molar-refractivity contribution in [3.8, 4) is 0 Å². The summed E-state index contributed by atoms with van der Waals surface area (Å²) in [5, 5.41) is 10.7. The van der Waals surface area contributed by atoms with Crippen LogP contribution in [-0.2, 0) is 4.74 Å². The van der Waals surface area contributed by atoms with Crippen LogP contribution in [0.1, 0.15) is 10.5 Å². The van der Waals surface area contributed by atoms with Crippen LogP contribution in [0.15, 0.2) is 36.4 Å². The Morgan fingerprint density at radius 1 is 1.14 bits per heavy atom. The van der Waals surface area contributed by atoms with Gasteiger partial charge in [-0.3, -0.25) is 4.79 Å². The van der Waals surface area contributed by atoms with Gasteiger partial charge in [-0.2, -0.15) is 0 Å². The number of ether oxygens (including phenoxy) is 1. The van der Waals surface area contributed by atoms with Gasteiger partial charge < -0.3 is 15.0 Å². The van der Waals surface area contributed by atoms with Crippen LogP contribution in [0.25, 0.3) is 0 Å². The number of halogens is 1. The maximum absolute atomic E-state index is 13.5. The highest BCUT2D eigenvalue weighted by atomic mass is 19.1. The monoisotopic (exact) mass is 302 g/mol. The molecule has 7 heteroatoms. The van der Waals surface area contributed by atoms with Crippen LogP contribution < -0.4 is 5.32 Å². The van der Waals surface area contributed by atoms with E-state index in [1.807, 2.05) is 0 Å². The molecule has 1 aromatic carbocycles. The highest BCUT2D eigenvalue weighted by molar-refractivity contribution is 5.92. The van der Waals surface area contributed by atoms with Crippen LogP contribution in [0.4, 0.5) is 15.9 Å². The number of amides is 1. The van der Waals surface area contributed by atoms with Gasteiger partial charge in [0.05, 0.1) is 18.9 Å². The quantitative estimate of drug-likeness (QED) is 0.937. The number of hydrogen-bond donors (Lipinski definition) is 1. The molecule has 6 nitrogen and oxygen atoms in total. The first-order valence-corrected chi connectivity index (χ1v) is 6.96. The number of carbonyl (C=O) groups is 1. The zero-order valence-electron chi connectivity index (χ0n) is 11.8. The van der Waals surface area contributed by atoms with Gasteiger partial charge >= 0.3 is 0 Å². The zero-order chi connectivity index (χ0) is 15.4. The molecule has 1 aromatic heterocycles. The SMILES string of the molecule is O=C(c1ccc(Nc2ccccc2F)nn1)N1CCOCC1. The van der Waals surface area contributed by atoms with E-state index in [2.05, 4.69) is 15.5 Å². The molecule has 1 aliphatic rings. The predicted octanol–water partition coefficient (Wildman–Crippen LogP) is 1.83. The highest BCUT2D eigenvalue weighted by Crippen LogP contribution is 2.17. The molecule has 2 aromatic rings. The van der Waals surface area contributed by atoms with E-state index < -0.39 is 0 Å². The summed E-state index contributed by atoms with van der Waals surface area (Å²) >= 11 is 0. The fourth-order valence-electron chi connectivity index (χ4n) is 2.14. The molecule has 1 aliphatic heterocycles. The number of aromatic nitrogens is 2. The van der Waals surface area contributed by atoms with Crippen molar-refractivity contribution in [1.29, 1.82) is 0 Å². The Labute approximate surface area is 126 Å². The first-order valence-electron chi connectivity index (χ1n) is 6.96. The second-order valence-electron chi connectivity index (χ2n) is 4.81. The van der Waals surface area contributed by atoms with Gasteiger partial charge in [0.25, 0.3) is 5.91 Å². The van der Waals surface area contributed by atoms with E-state index in [1.165, 1.54) is 6.07 Å². The molecular weight excluding hydrogens is 287 g/mol. The maximum Gasteiger partial charge on any atom is 0.274 e. The molecule has 0 aliphatic carbocycles. The second kappa shape index (κ2) is 6.48. The predicted molar refractivity (Wildman–Crippen MR) is 78.4 cm³/mol. The van der Waals surface area contributed by atoms with Crippen molar-refractivity contribution in [3.05, 3.63) is 47.9 Å². The normalized spacial score (nSPS) is 14.7. The van der Waals surface area contributed by atoms with E-state index in [-0.39, 0.29) is 17.4 Å². The maximum atomic E-state index is 13.5. The molecule has 1 saturated heterocycles. The van der Waals surface area contributed by atoms with E-state index in [0.29, 0.717) is 37.8 Å². The average Bonchev–Trinajstić information content (AvgIpc) is 2.58. The lowest BCUT2D eigenvalue weighted by molar-refractivity contribution is 0.0298. The van der Waals surface area contributed by atoms with Crippen LogP contribution in [-0.4, -0.2) is 47.3 Å². The number of anilines is 2. The third kappa shape index (κ3) is 3.20. The van der Waals surface area contributed by atoms with E-state index in [1.54, 1.807) is 35.2 Å². The molecule has 1 fully saturated rings. The molecule has 2 heterocycles. The second-order valence-corrected chi connectivity index (χ2v) is 4.81. The molecular formula is C15H15FN4O2. The van der Waals surface area contributed by atoms with Crippen molar-refractivity contribution in [2.45, 2.75) is 0 Å². The standard InChI is InChI=1S/C15H15FN4O2/c16-11-3-1-2-4-12(11)17-14-6-5-13(18-19-14)15(21)20-7-9-22-10-8-20/h1-6H,7-10H2,(H,17,19). The van der Waals surface area contributed by atoms with E-state index in [9.17, 15) is 9.18 Å². The molecule has 0 bridgehead atoms. The summed E-state index contributed by atoms with van der Waals surface area (Å²) in [7, 11) is 0. The smallest absolute Gasteiger partial charge is 0.274 e. The lowest BCUT2D eigenvalue weighted by Crippen LogP contribution is -2.41. The molecule has 1 amide bonds. The first kappa shape index (κ1) is 14.4. The lowest BCUT2D eigenvalue weighted by atomic mass is 10.3. The summed E-state index contributed by atoms with van der Waals surface area (Å²) in [5.41, 5.74) is 0.574. The molecule has 114 valence electrons. The van der Waals surface area contributed by atoms with E-state index in [0.717, 1.165) is 0 Å². The minimum absolute atomic E-state index is 0.173. The highest BCUT2D eigenvalue weighted by Gasteiger charge is 2.19. The average molecular weight is 302 g/mol. The Morgan fingerprint density at radius 2 is 1.91 bits per heavy atom. The van der Waals surface area contributed by atoms with Gasteiger partial charge in [0.2, 0.25) is 0 Å². The van der Waals surface area contributed by atoms with Crippen LogP contribution in [0.2, 0.25) is 0 Å². The summed E-state index contributed by atoms with van der Waals surface area (Å²) in [5.74, 6) is -0.172. The van der Waals surface area contributed by atoms with Gasteiger partial charge in [0, 0.05) is 13.1 Å². The molecule has 3 rings (SSSR count). The van der Waals surface area contributed by atoms with Crippen LogP contribution in [0.5, 0.6) is 0 Å². The largest absolute Gasteiger partial charge is 0.378 e. The van der Waals surface area contributed by atoms with Crippen LogP contribution in [0, 0.1) is 5.82 Å². The van der Waals surface area contributed by atoms with E-state index in [4.69, 9.17) is 4.74 Å². The fraction of sp³-hybridized carbons (Fsp3) is 0.267. The summed E-state index contributed by atoms with van der Waals surface area (Å²) in [4.78, 5) is 13.9. The summed E-state index contributed by atoms with van der Waals surface area (Å²) in [6, 6.07) is 9.46. The summed E-state index contributed by atoms with van der Waals surface area (Å²) < 4.78 is 18.7. The number of benzene rings is 1. The minimum Gasteiger partial charge on any atom is -0.378 e. The number of carbonyl (C=O) groups excluding carboxylic acids is 1. The van der Waals surface area contributed by atoms with Gasteiger partial charge in [-0.15, -0.1) is 10.2 Å². The lowest BCUT2D eigenvalue weighted by Gasteiger charge is -2.26. The van der Waals surface area contributed by atoms with Gasteiger partial charge in [0.15, 0.2) is 11.5 Å². The van der Waals surface area contributed by atoms with Crippen molar-refractivity contribution in [2.75, 3.05) is 31.6 Å². The van der Waals surface area contributed by atoms with Crippen molar-refractivity contribution in [3.63, 3.8) is 0 Å². The molecule has 0 spiro atoms. The third-order valence-electron chi connectivity index (χ3n) is 3.32. The Kier molecular flexibility index (Phi) is 4.24. The van der Waals surface area contributed by atoms with Gasteiger partial charge in [0.1, 0.15) is 5.82 Å². The topological polar surface area (TPSA) is 67.4 Å². The fourth-order valence-corrected chi connectivity index (χ4v) is 2.14.